The molecule has 0 unspecified atom stereocenters. The third kappa shape index (κ3) is 5.06. The second kappa shape index (κ2) is 8.67. The van der Waals surface area contributed by atoms with Crippen molar-refractivity contribution in [2.75, 3.05) is 6.61 Å². The van der Waals surface area contributed by atoms with E-state index in [0.29, 0.717) is 23.4 Å². The zero-order valence-corrected chi connectivity index (χ0v) is 14.6. The van der Waals surface area contributed by atoms with Crippen LogP contribution in [0.1, 0.15) is 49.4 Å². The molecule has 1 aromatic carbocycles. The van der Waals surface area contributed by atoms with E-state index in [-0.39, 0.29) is 5.56 Å². The molecule has 5 heteroatoms. The van der Waals surface area contributed by atoms with Crippen molar-refractivity contribution in [3.05, 3.63) is 56.2 Å². The monoisotopic (exact) mass is 332 g/mol. The number of benzene rings is 1. The number of aromatic nitrogens is 2. The molecule has 2 rings (SSSR count). The zero-order valence-electron chi connectivity index (χ0n) is 13.8. The van der Waals surface area contributed by atoms with Gasteiger partial charge in [-0.05, 0) is 37.2 Å². The van der Waals surface area contributed by atoms with Crippen LogP contribution in [0.2, 0.25) is 0 Å². The number of hydrogen-bond acceptors (Lipinski definition) is 3. The van der Waals surface area contributed by atoms with Gasteiger partial charge in [-0.2, -0.15) is 0 Å². The molecule has 23 heavy (non-hydrogen) atoms. The van der Waals surface area contributed by atoms with Crippen LogP contribution in [0.3, 0.4) is 0 Å². The van der Waals surface area contributed by atoms with Crippen LogP contribution in [-0.4, -0.2) is 16.6 Å². The fourth-order valence-electron chi connectivity index (χ4n) is 2.53. The van der Waals surface area contributed by atoms with E-state index in [4.69, 9.17) is 17.0 Å². The molecule has 0 bridgehead atoms. The Bertz CT molecular complexity index is 749. The summed E-state index contributed by atoms with van der Waals surface area (Å²) < 4.78 is 6.27. The summed E-state index contributed by atoms with van der Waals surface area (Å²) >= 11 is 4.99. The quantitative estimate of drug-likeness (QED) is 0.560. The molecule has 2 aromatic rings. The lowest BCUT2D eigenvalue weighted by atomic mass is 10.0. The zero-order chi connectivity index (χ0) is 16.7. The number of unbranched alkanes of at least 4 members (excludes halogenated alkanes) is 3. The summed E-state index contributed by atoms with van der Waals surface area (Å²) in [5.74, 6) is 0.852. The number of rotatable bonds is 8. The third-order valence-corrected chi connectivity index (χ3v) is 4.05. The summed E-state index contributed by atoms with van der Waals surface area (Å²) in [6.45, 7) is 4.78. The Balaban J connectivity index is 2.12. The highest BCUT2D eigenvalue weighted by Crippen LogP contribution is 2.21. The molecule has 0 aliphatic carbocycles. The minimum atomic E-state index is -0.135. The van der Waals surface area contributed by atoms with E-state index in [1.807, 2.05) is 31.2 Å². The van der Waals surface area contributed by atoms with Gasteiger partial charge in [0.15, 0.2) is 4.77 Å². The molecule has 0 amide bonds. The van der Waals surface area contributed by atoms with Gasteiger partial charge in [0.05, 0.1) is 6.61 Å². The smallest absolute Gasteiger partial charge is 0.255 e. The normalized spacial score (nSPS) is 10.7. The maximum Gasteiger partial charge on any atom is 0.255 e. The molecule has 1 aromatic heterocycles. The van der Waals surface area contributed by atoms with Crippen molar-refractivity contribution in [1.29, 1.82) is 0 Å². The van der Waals surface area contributed by atoms with Crippen LogP contribution in [0, 0.1) is 11.7 Å². The van der Waals surface area contributed by atoms with Crippen molar-refractivity contribution in [3.8, 4) is 5.75 Å². The van der Waals surface area contributed by atoms with E-state index in [9.17, 15) is 4.79 Å². The lowest BCUT2D eigenvalue weighted by molar-refractivity contribution is 0.302. The van der Waals surface area contributed by atoms with Crippen LogP contribution >= 0.6 is 12.2 Å². The lowest BCUT2D eigenvalue weighted by Crippen LogP contribution is -2.17. The Morgan fingerprint density at radius 2 is 1.91 bits per heavy atom. The van der Waals surface area contributed by atoms with Crippen LogP contribution in [-0.2, 0) is 6.42 Å². The minimum absolute atomic E-state index is 0.135. The second-order valence-electron chi connectivity index (χ2n) is 5.71. The highest BCUT2D eigenvalue weighted by atomic mass is 32.1. The first-order chi connectivity index (χ1) is 11.1. The summed E-state index contributed by atoms with van der Waals surface area (Å²) in [4.78, 5) is 17.8. The number of H-pyrrole nitrogens is 2. The molecule has 4 nitrogen and oxygen atoms in total. The number of aryl methyl sites for hydroxylation is 1. The fraction of sp³-hybridized carbons (Fsp3) is 0.444. The number of hydrogen-bond donors (Lipinski definition) is 2. The van der Waals surface area contributed by atoms with Crippen molar-refractivity contribution in [1.82, 2.24) is 9.97 Å². The molecular weight excluding hydrogens is 308 g/mol. The molecule has 0 spiro atoms. The number of ether oxygens (including phenoxy) is 1. The van der Waals surface area contributed by atoms with E-state index < -0.39 is 0 Å². The summed E-state index contributed by atoms with van der Waals surface area (Å²) in [6.07, 6.45) is 5.22. The fourth-order valence-corrected chi connectivity index (χ4v) is 2.78. The van der Waals surface area contributed by atoms with Gasteiger partial charge in [-0.3, -0.25) is 9.78 Å². The van der Waals surface area contributed by atoms with Crippen LogP contribution in [0.15, 0.2) is 29.1 Å². The maximum absolute atomic E-state index is 12.1. The van der Waals surface area contributed by atoms with Gasteiger partial charge in [-0.1, -0.05) is 44.4 Å². The van der Waals surface area contributed by atoms with Gasteiger partial charge in [-0.25, -0.2) is 0 Å². The van der Waals surface area contributed by atoms with Gasteiger partial charge < -0.3 is 9.72 Å². The lowest BCUT2D eigenvalue weighted by Gasteiger charge is -2.12. The predicted octanol–water partition coefficient (Wildman–Crippen LogP) is 4.29. The molecule has 0 aliphatic rings. The Morgan fingerprint density at radius 1 is 1.13 bits per heavy atom. The molecule has 0 saturated carbocycles. The van der Waals surface area contributed by atoms with E-state index in [2.05, 4.69) is 16.9 Å². The first kappa shape index (κ1) is 17.5. The molecule has 1 heterocycles. The number of para-hydroxylation sites is 1. The molecule has 0 atom stereocenters. The number of nitrogens with one attached hydrogen (secondary N) is 2. The first-order valence-electron chi connectivity index (χ1n) is 8.14. The first-order valence-corrected chi connectivity index (χ1v) is 8.55. The van der Waals surface area contributed by atoms with E-state index in [1.54, 1.807) is 0 Å². The Kier molecular flexibility index (Phi) is 6.59. The number of aromatic amines is 2. The Labute approximate surface area is 141 Å². The molecule has 0 fully saturated rings. The SMILES string of the molecule is CCCCCCOc1ccccc1Cc1c(C)[nH]c(=S)[nH]c1=O. The average Bonchev–Trinajstić information content (AvgIpc) is 2.52. The molecule has 0 saturated heterocycles. The standard InChI is InChI=1S/C18H24N2O2S/c1-3-4-5-8-11-22-16-10-7-6-9-14(16)12-15-13(2)19-18(23)20-17(15)21/h6-7,9-10H,3-5,8,11-12H2,1-2H3,(H2,19,20,21,23). The highest BCUT2D eigenvalue weighted by Gasteiger charge is 2.10. The van der Waals surface area contributed by atoms with Crippen LogP contribution in [0.5, 0.6) is 5.75 Å². The van der Waals surface area contributed by atoms with Crippen molar-refractivity contribution in [2.24, 2.45) is 0 Å². The molecule has 0 aliphatic heterocycles. The van der Waals surface area contributed by atoms with Crippen LogP contribution in [0.4, 0.5) is 0 Å². The van der Waals surface area contributed by atoms with Crippen molar-refractivity contribution < 1.29 is 4.74 Å². The van der Waals surface area contributed by atoms with Crippen molar-refractivity contribution in [2.45, 2.75) is 46.0 Å². The molecule has 0 radical (unpaired) electrons. The second-order valence-corrected chi connectivity index (χ2v) is 6.11. The summed E-state index contributed by atoms with van der Waals surface area (Å²) in [6, 6.07) is 7.89. The predicted molar refractivity (Wildman–Crippen MR) is 95.9 cm³/mol. The highest BCUT2D eigenvalue weighted by molar-refractivity contribution is 7.71. The van der Waals surface area contributed by atoms with E-state index in [1.165, 1.54) is 19.3 Å². The van der Waals surface area contributed by atoms with Crippen LogP contribution in [0.25, 0.3) is 0 Å². The summed E-state index contributed by atoms with van der Waals surface area (Å²) in [5.41, 5.74) is 2.38. The molecular formula is C18H24N2O2S. The third-order valence-electron chi connectivity index (χ3n) is 3.85. The van der Waals surface area contributed by atoms with Gasteiger partial charge in [0.2, 0.25) is 0 Å². The van der Waals surface area contributed by atoms with Crippen molar-refractivity contribution >= 4 is 12.2 Å². The molecule has 2 N–H and O–H groups in total. The van der Waals surface area contributed by atoms with Crippen LogP contribution < -0.4 is 10.3 Å². The Hall–Kier alpha value is -1.88. The molecule has 124 valence electrons. The minimum Gasteiger partial charge on any atom is -0.493 e. The van der Waals surface area contributed by atoms with E-state index in [0.717, 1.165) is 23.4 Å². The summed E-state index contributed by atoms with van der Waals surface area (Å²) in [7, 11) is 0. The average molecular weight is 332 g/mol. The van der Waals surface area contributed by atoms with Gasteiger partial charge in [-0.15, -0.1) is 0 Å². The van der Waals surface area contributed by atoms with Gasteiger partial charge in [0.1, 0.15) is 5.75 Å². The van der Waals surface area contributed by atoms with Gasteiger partial charge >= 0.3 is 0 Å². The van der Waals surface area contributed by atoms with Gasteiger partial charge in [0, 0.05) is 17.7 Å². The maximum atomic E-state index is 12.1. The topological polar surface area (TPSA) is 57.9 Å². The Morgan fingerprint density at radius 3 is 2.65 bits per heavy atom. The van der Waals surface area contributed by atoms with Crippen molar-refractivity contribution in [3.63, 3.8) is 0 Å². The van der Waals surface area contributed by atoms with E-state index >= 15 is 0 Å². The van der Waals surface area contributed by atoms with Gasteiger partial charge in [0.25, 0.3) is 5.56 Å². The summed E-state index contributed by atoms with van der Waals surface area (Å²) in [5, 5.41) is 0. The largest absolute Gasteiger partial charge is 0.493 e.